The summed E-state index contributed by atoms with van der Waals surface area (Å²) >= 11 is 0. The van der Waals surface area contributed by atoms with Gasteiger partial charge in [0.25, 0.3) is 0 Å². The highest BCUT2D eigenvalue weighted by Gasteiger charge is 2.48. The van der Waals surface area contributed by atoms with Crippen molar-refractivity contribution in [3.63, 3.8) is 0 Å². The van der Waals surface area contributed by atoms with Gasteiger partial charge in [-0.25, -0.2) is 0 Å². The minimum absolute atomic E-state index is 0.0549. The molecule has 0 saturated heterocycles. The third-order valence-corrected chi connectivity index (χ3v) is 7.97. The van der Waals surface area contributed by atoms with E-state index in [1.165, 1.54) is 0 Å². The molecule has 0 atom stereocenters. The molecule has 2 aromatic rings. The van der Waals surface area contributed by atoms with Gasteiger partial charge in [0.05, 0.1) is 5.60 Å². The Balaban J connectivity index is 2.59. The maximum absolute atomic E-state index is 7.09. The SMILES string of the molecule is CC(C)(C)CO[Si](OC(C)(C)CC(C)(C)C)(c1ccccc1)c1ccccc1. The molecule has 0 fully saturated rings. The third kappa shape index (κ3) is 6.58. The van der Waals surface area contributed by atoms with Crippen molar-refractivity contribution in [3.8, 4) is 0 Å². The van der Waals surface area contributed by atoms with Crippen LogP contribution in [-0.2, 0) is 8.85 Å². The van der Waals surface area contributed by atoms with E-state index in [9.17, 15) is 0 Å². The second-order valence-corrected chi connectivity index (χ2v) is 13.7. The van der Waals surface area contributed by atoms with Crippen LogP contribution in [0.5, 0.6) is 0 Å². The fraction of sp³-hybridized carbons (Fsp3) is 0.520. The monoisotopic (exact) mass is 398 g/mol. The Morgan fingerprint density at radius 2 is 1.07 bits per heavy atom. The van der Waals surface area contributed by atoms with E-state index >= 15 is 0 Å². The zero-order valence-corrected chi connectivity index (χ0v) is 20.0. The number of hydrogen-bond acceptors (Lipinski definition) is 2. The molecule has 0 aromatic heterocycles. The van der Waals surface area contributed by atoms with Crippen molar-refractivity contribution in [1.29, 1.82) is 0 Å². The van der Waals surface area contributed by atoms with Crippen molar-refractivity contribution in [2.45, 2.75) is 67.4 Å². The average molecular weight is 399 g/mol. The first-order valence-electron chi connectivity index (χ1n) is 10.3. The second-order valence-electron chi connectivity index (χ2n) is 10.8. The molecule has 0 bridgehead atoms. The lowest BCUT2D eigenvalue weighted by molar-refractivity contribution is 0.0200. The van der Waals surface area contributed by atoms with Crippen molar-refractivity contribution in [2.75, 3.05) is 6.61 Å². The van der Waals surface area contributed by atoms with E-state index in [-0.39, 0.29) is 16.4 Å². The minimum Gasteiger partial charge on any atom is -0.387 e. The minimum atomic E-state index is -2.89. The van der Waals surface area contributed by atoms with Gasteiger partial charge < -0.3 is 8.85 Å². The summed E-state index contributed by atoms with van der Waals surface area (Å²) < 4.78 is 13.9. The molecule has 3 heteroatoms. The van der Waals surface area contributed by atoms with E-state index in [2.05, 4.69) is 116 Å². The number of rotatable bonds is 7. The highest BCUT2D eigenvalue weighted by atomic mass is 28.4. The summed E-state index contributed by atoms with van der Waals surface area (Å²) in [5, 5.41) is 2.32. The van der Waals surface area contributed by atoms with Crippen LogP contribution >= 0.6 is 0 Å². The lowest BCUT2D eigenvalue weighted by Gasteiger charge is -2.42. The average Bonchev–Trinajstić information content (AvgIpc) is 2.57. The van der Waals surface area contributed by atoms with Crippen molar-refractivity contribution >= 4 is 18.9 Å². The molecule has 2 rings (SSSR count). The van der Waals surface area contributed by atoms with Gasteiger partial charge in [-0.15, -0.1) is 0 Å². The van der Waals surface area contributed by atoms with Crippen LogP contribution < -0.4 is 10.4 Å². The molecule has 0 aliphatic carbocycles. The van der Waals surface area contributed by atoms with Crippen LogP contribution in [0, 0.1) is 10.8 Å². The van der Waals surface area contributed by atoms with Crippen LogP contribution in [0.25, 0.3) is 0 Å². The third-order valence-electron chi connectivity index (χ3n) is 4.39. The summed E-state index contributed by atoms with van der Waals surface area (Å²) in [4.78, 5) is 0. The van der Waals surface area contributed by atoms with Crippen LogP contribution in [0.15, 0.2) is 60.7 Å². The second kappa shape index (κ2) is 8.52. The fourth-order valence-electron chi connectivity index (χ4n) is 3.82. The van der Waals surface area contributed by atoms with Gasteiger partial charge in [0, 0.05) is 6.61 Å². The topological polar surface area (TPSA) is 18.5 Å². The lowest BCUT2D eigenvalue weighted by atomic mass is 9.84. The smallest absolute Gasteiger partial charge is 0.387 e. The molecule has 0 N–H and O–H groups in total. The summed E-state index contributed by atoms with van der Waals surface area (Å²) in [6.07, 6.45) is 0.952. The van der Waals surface area contributed by atoms with Crippen LogP contribution in [-0.4, -0.2) is 20.8 Å². The van der Waals surface area contributed by atoms with E-state index < -0.39 is 8.56 Å². The molecule has 154 valence electrons. The molecule has 0 saturated carbocycles. The summed E-state index contributed by atoms with van der Waals surface area (Å²) in [5.41, 5.74) is -0.0889. The summed E-state index contributed by atoms with van der Waals surface area (Å²) in [5.74, 6) is 0. The molecule has 0 aliphatic rings. The Labute approximate surface area is 173 Å². The molecule has 0 radical (unpaired) electrons. The molecule has 2 nitrogen and oxygen atoms in total. The quantitative estimate of drug-likeness (QED) is 0.570. The van der Waals surface area contributed by atoms with Gasteiger partial charge in [-0.2, -0.15) is 0 Å². The Morgan fingerprint density at radius 1 is 0.643 bits per heavy atom. The molecular weight excluding hydrogens is 360 g/mol. The largest absolute Gasteiger partial charge is 0.407 e. The van der Waals surface area contributed by atoms with Crippen molar-refractivity contribution in [2.24, 2.45) is 10.8 Å². The normalized spacial score (nSPS) is 13.6. The molecule has 0 heterocycles. The Bertz CT molecular complexity index is 685. The highest BCUT2D eigenvalue weighted by molar-refractivity contribution is 6.92. The van der Waals surface area contributed by atoms with Gasteiger partial charge in [0.15, 0.2) is 0 Å². The van der Waals surface area contributed by atoms with Crippen molar-refractivity contribution < 1.29 is 8.85 Å². The molecule has 0 unspecified atom stereocenters. The molecule has 0 amide bonds. The Morgan fingerprint density at radius 3 is 1.43 bits per heavy atom. The van der Waals surface area contributed by atoms with Crippen LogP contribution in [0.3, 0.4) is 0 Å². The molecule has 0 aliphatic heterocycles. The highest BCUT2D eigenvalue weighted by Crippen LogP contribution is 2.32. The summed E-state index contributed by atoms with van der Waals surface area (Å²) in [7, 11) is -2.89. The number of benzene rings is 2. The van der Waals surface area contributed by atoms with E-state index in [1.807, 2.05) is 0 Å². The van der Waals surface area contributed by atoms with Gasteiger partial charge >= 0.3 is 8.56 Å². The fourth-order valence-corrected chi connectivity index (χ4v) is 7.53. The molecular formula is C25H38O2Si. The standard InChI is InChI=1S/C25H38O2Si/c1-23(2,3)19-25(7,8)27-28(26-20-24(4,5)6,21-15-11-9-12-16-21)22-17-13-10-14-18-22/h9-18H,19-20H2,1-8H3. The van der Waals surface area contributed by atoms with E-state index in [4.69, 9.17) is 8.85 Å². The van der Waals surface area contributed by atoms with E-state index in [0.717, 1.165) is 16.8 Å². The van der Waals surface area contributed by atoms with E-state index in [0.29, 0.717) is 6.61 Å². The maximum atomic E-state index is 7.09. The van der Waals surface area contributed by atoms with Crippen LogP contribution in [0.4, 0.5) is 0 Å². The molecule has 2 aromatic carbocycles. The Hall–Kier alpha value is -1.42. The van der Waals surface area contributed by atoms with Crippen LogP contribution in [0.2, 0.25) is 0 Å². The van der Waals surface area contributed by atoms with Crippen LogP contribution in [0.1, 0.15) is 61.8 Å². The molecule has 0 spiro atoms. The first-order valence-corrected chi connectivity index (χ1v) is 12.1. The number of hydrogen-bond donors (Lipinski definition) is 0. The van der Waals surface area contributed by atoms with E-state index in [1.54, 1.807) is 0 Å². The van der Waals surface area contributed by atoms with Gasteiger partial charge in [-0.1, -0.05) is 102 Å². The van der Waals surface area contributed by atoms with Crippen molar-refractivity contribution in [3.05, 3.63) is 60.7 Å². The van der Waals surface area contributed by atoms with Gasteiger partial charge in [-0.05, 0) is 41.5 Å². The predicted molar refractivity (Wildman–Crippen MR) is 123 cm³/mol. The molecule has 28 heavy (non-hydrogen) atoms. The van der Waals surface area contributed by atoms with Crippen molar-refractivity contribution in [1.82, 2.24) is 0 Å². The zero-order chi connectivity index (χ0) is 21.1. The Kier molecular flexibility index (Phi) is 6.96. The van der Waals surface area contributed by atoms with Gasteiger partial charge in [0.1, 0.15) is 0 Å². The summed E-state index contributed by atoms with van der Waals surface area (Å²) in [6, 6.07) is 21.1. The lowest BCUT2D eigenvalue weighted by Crippen LogP contribution is -2.67. The predicted octanol–water partition coefficient (Wildman–Crippen LogP) is 5.54. The first kappa shape index (κ1) is 22.9. The maximum Gasteiger partial charge on any atom is 0.407 e. The zero-order valence-electron chi connectivity index (χ0n) is 19.0. The first-order chi connectivity index (χ1) is 12.8. The summed E-state index contributed by atoms with van der Waals surface area (Å²) in [6.45, 7) is 18.5. The van der Waals surface area contributed by atoms with Gasteiger partial charge in [0.2, 0.25) is 0 Å². The van der Waals surface area contributed by atoms with Gasteiger partial charge in [-0.3, -0.25) is 0 Å².